The standard InChI is InChI=1S/C14H12N2O3/c1-9-7-11(15-19-9)8-16-6-5-10-3-2-4-12(13(10)16)14(17)18/h2-7H,8H2,1H3,(H,17,18). The summed E-state index contributed by atoms with van der Waals surface area (Å²) < 4.78 is 6.89. The number of benzene rings is 1. The summed E-state index contributed by atoms with van der Waals surface area (Å²) in [7, 11) is 0. The summed E-state index contributed by atoms with van der Waals surface area (Å²) in [4.78, 5) is 11.3. The van der Waals surface area contributed by atoms with Crippen molar-refractivity contribution < 1.29 is 14.4 Å². The molecule has 0 aliphatic rings. The Morgan fingerprint density at radius 2 is 2.26 bits per heavy atom. The highest BCUT2D eigenvalue weighted by molar-refractivity contribution is 6.02. The maximum Gasteiger partial charge on any atom is 0.337 e. The van der Waals surface area contributed by atoms with Crippen LogP contribution >= 0.6 is 0 Å². The van der Waals surface area contributed by atoms with Gasteiger partial charge in [-0.3, -0.25) is 0 Å². The smallest absolute Gasteiger partial charge is 0.337 e. The number of fused-ring (bicyclic) bond motifs is 1. The fraction of sp³-hybridized carbons (Fsp3) is 0.143. The number of aromatic nitrogens is 2. The second-order valence-corrected chi connectivity index (χ2v) is 4.42. The molecule has 1 N–H and O–H groups in total. The van der Waals surface area contributed by atoms with Crippen LogP contribution in [0.3, 0.4) is 0 Å². The molecule has 1 aromatic carbocycles. The van der Waals surface area contributed by atoms with Crippen LogP contribution in [0.2, 0.25) is 0 Å². The lowest BCUT2D eigenvalue weighted by molar-refractivity contribution is 0.0698. The maximum atomic E-state index is 11.3. The van der Waals surface area contributed by atoms with E-state index in [1.54, 1.807) is 12.1 Å². The normalized spacial score (nSPS) is 11.0. The van der Waals surface area contributed by atoms with Gasteiger partial charge in [-0.05, 0) is 19.1 Å². The van der Waals surface area contributed by atoms with Crippen LogP contribution in [-0.2, 0) is 6.54 Å². The van der Waals surface area contributed by atoms with E-state index in [2.05, 4.69) is 5.16 Å². The molecule has 0 bridgehead atoms. The third kappa shape index (κ3) is 1.99. The Balaban J connectivity index is 2.11. The fourth-order valence-electron chi connectivity index (χ4n) is 2.23. The Morgan fingerprint density at radius 1 is 1.42 bits per heavy atom. The number of para-hydroxylation sites is 1. The molecule has 2 aromatic heterocycles. The summed E-state index contributed by atoms with van der Waals surface area (Å²) >= 11 is 0. The van der Waals surface area contributed by atoms with Crippen molar-refractivity contribution in [3.8, 4) is 0 Å². The summed E-state index contributed by atoms with van der Waals surface area (Å²) in [5.74, 6) is -0.188. The average molecular weight is 256 g/mol. The quantitative estimate of drug-likeness (QED) is 0.782. The van der Waals surface area contributed by atoms with Crippen LogP contribution in [0.5, 0.6) is 0 Å². The highest BCUT2D eigenvalue weighted by atomic mass is 16.5. The molecule has 0 spiro atoms. The van der Waals surface area contributed by atoms with Crippen molar-refractivity contribution in [3.05, 3.63) is 53.5 Å². The number of carbonyl (C=O) groups is 1. The van der Waals surface area contributed by atoms with E-state index >= 15 is 0 Å². The predicted octanol–water partition coefficient (Wildman–Crippen LogP) is 2.68. The molecule has 19 heavy (non-hydrogen) atoms. The molecule has 0 aliphatic carbocycles. The van der Waals surface area contributed by atoms with Gasteiger partial charge in [-0.2, -0.15) is 0 Å². The summed E-state index contributed by atoms with van der Waals surface area (Å²) in [6.07, 6.45) is 1.86. The number of rotatable bonds is 3. The lowest BCUT2D eigenvalue weighted by atomic mass is 10.1. The second kappa shape index (κ2) is 4.28. The zero-order chi connectivity index (χ0) is 13.4. The number of carboxylic acids is 1. The first-order chi connectivity index (χ1) is 9.15. The molecular weight excluding hydrogens is 244 g/mol. The van der Waals surface area contributed by atoms with Crippen molar-refractivity contribution in [2.24, 2.45) is 0 Å². The van der Waals surface area contributed by atoms with Gasteiger partial charge in [-0.25, -0.2) is 4.79 Å². The summed E-state index contributed by atoms with van der Waals surface area (Å²) in [6, 6.07) is 8.99. The number of aryl methyl sites for hydroxylation is 1. The molecule has 96 valence electrons. The van der Waals surface area contributed by atoms with Crippen molar-refractivity contribution in [2.75, 3.05) is 0 Å². The predicted molar refractivity (Wildman–Crippen MR) is 69.2 cm³/mol. The minimum atomic E-state index is -0.929. The van der Waals surface area contributed by atoms with Crippen LogP contribution in [0.15, 0.2) is 41.1 Å². The highest BCUT2D eigenvalue weighted by Gasteiger charge is 2.13. The van der Waals surface area contributed by atoms with E-state index in [1.165, 1.54) is 0 Å². The van der Waals surface area contributed by atoms with Gasteiger partial charge in [0.2, 0.25) is 0 Å². The van der Waals surface area contributed by atoms with E-state index < -0.39 is 5.97 Å². The van der Waals surface area contributed by atoms with Crippen LogP contribution in [0.25, 0.3) is 10.9 Å². The molecule has 0 atom stereocenters. The molecule has 0 amide bonds. The van der Waals surface area contributed by atoms with Gasteiger partial charge >= 0.3 is 5.97 Å². The summed E-state index contributed by atoms with van der Waals surface area (Å²) in [6.45, 7) is 2.32. The van der Waals surface area contributed by atoms with Crippen molar-refractivity contribution in [2.45, 2.75) is 13.5 Å². The molecule has 0 saturated carbocycles. The van der Waals surface area contributed by atoms with Crippen LogP contribution in [0.4, 0.5) is 0 Å². The Morgan fingerprint density at radius 3 is 2.95 bits per heavy atom. The van der Waals surface area contributed by atoms with E-state index in [1.807, 2.05) is 35.9 Å². The van der Waals surface area contributed by atoms with Gasteiger partial charge in [0.15, 0.2) is 0 Å². The zero-order valence-electron chi connectivity index (χ0n) is 10.3. The van der Waals surface area contributed by atoms with Crippen LogP contribution in [0.1, 0.15) is 21.8 Å². The largest absolute Gasteiger partial charge is 0.478 e. The lowest BCUT2D eigenvalue weighted by Crippen LogP contribution is -2.04. The fourth-order valence-corrected chi connectivity index (χ4v) is 2.23. The minimum Gasteiger partial charge on any atom is -0.478 e. The number of hydrogen-bond donors (Lipinski definition) is 1. The van der Waals surface area contributed by atoms with Crippen LogP contribution in [0, 0.1) is 6.92 Å². The Kier molecular flexibility index (Phi) is 2.59. The molecule has 0 fully saturated rings. The Hall–Kier alpha value is -2.56. The highest BCUT2D eigenvalue weighted by Crippen LogP contribution is 2.21. The molecule has 2 heterocycles. The Labute approximate surface area is 109 Å². The third-order valence-electron chi connectivity index (χ3n) is 3.03. The first kappa shape index (κ1) is 11.5. The molecule has 5 nitrogen and oxygen atoms in total. The van der Waals surface area contributed by atoms with Crippen molar-refractivity contribution in [3.63, 3.8) is 0 Å². The first-order valence-corrected chi connectivity index (χ1v) is 5.88. The number of aromatic carboxylic acids is 1. The van der Waals surface area contributed by atoms with E-state index in [9.17, 15) is 9.90 Å². The average Bonchev–Trinajstić information content (AvgIpc) is 2.97. The van der Waals surface area contributed by atoms with E-state index in [-0.39, 0.29) is 0 Å². The van der Waals surface area contributed by atoms with Crippen LogP contribution in [-0.4, -0.2) is 20.8 Å². The third-order valence-corrected chi connectivity index (χ3v) is 3.03. The first-order valence-electron chi connectivity index (χ1n) is 5.88. The second-order valence-electron chi connectivity index (χ2n) is 4.42. The van der Waals surface area contributed by atoms with Gasteiger partial charge in [-0.1, -0.05) is 17.3 Å². The summed E-state index contributed by atoms with van der Waals surface area (Å²) in [5.41, 5.74) is 1.77. The molecule has 5 heteroatoms. The molecule has 0 radical (unpaired) electrons. The van der Waals surface area contributed by atoms with E-state index in [0.29, 0.717) is 17.6 Å². The van der Waals surface area contributed by atoms with Gasteiger partial charge in [0.1, 0.15) is 11.5 Å². The molecule has 0 unspecified atom stereocenters. The molecule has 0 saturated heterocycles. The minimum absolute atomic E-state index is 0.294. The van der Waals surface area contributed by atoms with Gasteiger partial charge in [0.05, 0.1) is 17.6 Å². The van der Waals surface area contributed by atoms with Gasteiger partial charge in [0, 0.05) is 17.6 Å². The van der Waals surface area contributed by atoms with Crippen molar-refractivity contribution in [1.82, 2.24) is 9.72 Å². The molecule has 3 aromatic rings. The number of hydrogen-bond acceptors (Lipinski definition) is 3. The van der Waals surface area contributed by atoms with E-state index in [4.69, 9.17) is 4.52 Å². The van der Waals surface area contributed by atoms with Crippen molar-refractivity contribution in [1.29, 1.82) is 0 Å². The lowest BCUT2D eigenvalue weighted by Gasteiger charge is -2.05. The van der Waals surface area contributed by atoms with E-state index in [0.717, 1.165) is 16.8 Å². The summed E-state index contributed by atoms with van der Waals surface area (Å²) in [5, 5.41) is 14.1. The zero-order valence-corrected chi connectivity index (χ0v) is 10.3. The molecular formula is C14H12N2O3. The van der Waals surface area contributed by atoms with Gasteiger partial charge in [0.25, 0.3) is 0 Å². The Bertz CT molecular complexity index is 755. The number of carboxylic acid groups (broad SMARTS) is 1. The van der Waals surface area contributed by atoms with Crippen LogP contribution < -0.4 is 0 Å². The molecule has 0 aliphatic heterocycles. The van der Waals surface area contributed by atoms with Gasteiger partial charge < -0.3 is 14.2 Å². The monoisotopic (exact) mass is 256 g/mol. The molecule has 3 rings (SSSR count). The SMILES string of the molecule is Cc1cc(Cn2ccc3cccc(C(=O)O)c32)no1. The number of nitrogens with zero attached hydrogens (tertiary/aromatic N) is 2. The maximum absolute atomic E-state index is 11.3. The topological polar surface area (TPSA) is 68.3 Å². The van der Waals surface area contributed by atoms with Crippen molar-refractivity contribution >= 4 is 16.9 Å². The van der Waals surface area contributed by atoms with Gasteiger partial charge in [-0.15, -0.1) is 0 Å².